The first kappa shape index (κ1) is 13.3. The molecule has 0 saturated heterocycles. The predicted molar refractivity (Wildman–Crippen MR) is 71.0 cm³/mol. The summed E-state index contributed by atoms with van der Waals surface area (Å²) >= 11 is 5.79. The van der Waals surface area contributed by atoms with Gasteiger partial charge in [-0.2, -0.15) is 0 Å². The number of benzene rings is 1. The fraction of sp³-hybridized carbons (Fsp3) is 0.0769. The first-order chi connectivity index (χ1) is 8.99. The lowest BCUT2D eigenvalue weighted by Crippen LogP contribution is -2.27. The van der Waals surface area contributed by atoms with Crippen LogP contribution in [0.1, 0.15) is 10.4 Å². The van der Waals surface area contributed by atoms with Gasteiger partial charge >= 0.3 is 0 Å². The molecule has 2 rings (SSSR count). The van der Waals surface area contributed by atoms with E-state index in [0.717, 1.165) is 6.07 Å². The standard InChI is InChI=1S/C13H10ClFN2O2/c1-17-6-2-3-9(13(17)19)12(18)16-11-5-4-8(15)7-10(11)14/h2-7H,1H3,(H,16,18). The van der Waals surface area contributed by atoms with Gasteiger partial charge in [-0.1, -0.05) is 11.6 Å². The Bertz CT molecular complexity index is 697. The van der Waals surface area contributed by atoms with Crippen LogP contribution in [-0.2, 0) is 7.05 Å². The van der Waals surface area contributed by atoms with E-state index in [1.807, 2.05) is 0 Å². The maximum absolute atomic E-state index is 12.9. The molecule has 0 aliphatic heterocycles. The Balaban J connectivity index is 2.31. The van der Waals surface area contributed by atoms with Crippen LogP contribution < -0.4 is 10.9 Å². The van der Waals surface area contributed by atoms with Gasteiger partial charge in [0.25, 0.3) is 11.5 Å². The van der Waals surface area contributed by atoms with Crippen molar-refractivity contribution < 1.29 is 9.18 Å². The van der Waals surface area contributed by atoms with Crippen molar-refractivity contribution in [2.24, 2.45) is 7.05 Å². The van der Waals surface area contributed by atoms with E-state index in [9.17, 15) is 14.0 Å². The van der Waals surface area contributed by atoms with Crippen molar-refractivity contribution in [2.45, 2.75) is 0 Å². The van der Waals surface area contributed by atoms with Crippen LogP contribution in [-0.4, -0.2) is 10.5 Å². The van der Waals surface area contributed by atoms with E-state index in [4.69, 9.17) is 11.6 Å². The first-order valence-electron chi connectivity index (χ1n) is 5.41. The molecule has 1 aromatic heterocycles. The molecule has 0 spiro atoms. The van der Waals surface area contributed by atoms with E-state index in [0.29, 0.717) is 0 Å². The summed E-state index contributed by atoms with van der Waals surface area (Å²) in [7, 11) is 1.55. The van der Waals surface area contributed by atoms with Crippen molar-refractivity contribution in [3.8, 4) is 0 Å². The van der Waals surface area contributed by atoms with E-state index >= 15 is 0 Å². The molecule has 0 unspecified atom stereocenters. The number of carbonyl (C=O) groups excluding carboxylic acids is 1. The summed E-state index contributed by atoms with van der Waals surface area (Å²) in [5.41, 5.74) is -0.178. The third kappa shape index (κ3) is 2.82. The van der Waals surface area contributed by atoms with Gasteiger partial charge in [-0.15, -0.1) is 0 Å². The van der Waals surface area contributed by atoms with Gasteiger partial charge in [0.1, 0.15) is 11.4 Å². The average Bonchev–Trinajstić information content (AvgIpc) is 2.36. The lowest BCUT2D eigenvalue weighted by Gasteiger charge is -2.07. The predicted octanol–water partition coefficient (Wildman–Crippen LogP) is 2.43. The maximum atomic E-state index is 12.9. The number of anilines is 1. The van der Waals surface area contributed by atoms with Crippen LogP contribution in [0.25, 0.3) is 0 Å². The average molecular weight is 281 g/mol. The van der Waals surface area contributed by atoms with Crippen LogP contribution in [0.2, 0.25) is 5.02 Å². The third-order valence-corrected chi connectivity index (χ3v) is 2.86. The topological polar surface area (TPSA) is 51.1 Å². The number of amides is 1. The fourth-order valence-corrected chi connectivity index (χ4v) is 1.77. The molecule has 19 heavy (non-hydrogen) atoms. The molecule has 0 saturated carbocycles. The monoisotopic (exact) mass is 280 g/mol. The highest BCUT2D eigenvalue weighted by Gasteiger charge is 2.13. The third-order valence-electron chi connectivity index (χ3n) is 2.55. The van der Waals surface area contributed by atoms with Crippen LogP contribution in [0.5, 0.6) is 0 Å². The van der Waals surface area contributed by atoms with Crippen LogP contribution in [0, 0.1) is 5.82 Å². The zero-order valence-electron chi connectivity index (χ0n) is 9.98. The summed E-state index contributed by atoms with van der Waals surface area (Å²) in [6, 6.07) is 6.59. The van der Waals surface area contributed by atoms with E-state index in [1.54, 1.807) is 19.3 Å². The molecule has 1 aromatic carbocycles. The summed E-state index contributed by atoms with van der Waals surface area (Å²) in [6.45, 7) is 0. The number of halogens is 2. The zero-order chi connectivity index (χ0) is 14.0. The van der Waals surface area contributed by atoms with Crippen molar-refractivity contribution in [1.29, 1.82) is 0 Å². The van der Waals surface area contributed by atoms with Gasteiger partial charge in [0.2, 0.25) is 0 Å². The molecular weight excluding hydrogens is 271 g/mol. The lowest BCUT2D eigenvalue weighted by atomic mass is 10.2. The summed E-state index contributed by atoms with van der Waals surface area (Å²) in [5, 5.41) is 2.54. The van der Waals surface area contributed by atoms with Gasteiger partial charge in [0.05, 0.1) is 10.7 Å². The van der Waals surface area contributed by atoms with Crippen LogP contribution >= 0.6 is 11.6 Å². The van der Waals surface area contributed by atoms with Gasteiger partial charge in [-0.25, -0.2) is 4.39 Å². The second-order valence-electron chi connectivity index (χ2n) is 3.92. The van der Waals surface area contributed by atoms with E-state index in [1.165, 1.54) is 22.8 Å². The summed E-state index contributed by atoms with van der Waals surface area (Å²) in [5.74, 6) is -1.09. The van der Waals surface area contributed by atoms with Crippen molar-refractivity contribution in [3.05, 3.63) is 63.3 Å². The number of nitrogens with one attached hydrogen (secondary N) is 1. The highest BCUT2D eigenvalue weighted by atomic mass is 35.5. The summed E-state index contributed by atoms with van der Waals surface area (Å²) in [4.78, 5) is 23.7. The molecule has 1 amide bonds. The quantitative estimate of drug-likeness (QED) is 0.918. The zero-order valence-corrected chi connectivity index (χ0v) is 10.7. The molecule has 0 radical (unpaired) electrons. The highest BCUT2D eigenvalue weighted by molar-refractivity contribution is 6.33. The summed E-state index contributed by atoms with van der Waals surface area (Å²) in [6.07, 6.45) is 1.55. The molecule has 1 heterocycles. The molecule has 0 bridgehead atoms. The van der Waals surface area contributed by atoms with Crippen LogP contribution in [0.4, 0.5) is 10.1 Å². The lowest BCUT2D eigenvalue weighted by molar-refractivity contribution is 0.102. The molecule has 0 atom stereocenters. The van der Waals surface area contributed by atoms with Crippen LogP contribution in [0.3, 0.4) is 0 Å². The molecule has 0 aliphatic carbocycles. The Hall–Kier alpha value is -2.14. The number of aryl methyl sites for hydroxylation is 1. The molecule has 4 nitrogen and oxygen atoms in total. The highest BCUT2D eigenvalue weighted by Crippen LogP contribution is 2.22. The van der Waals surface area contributed by atoms with Crippen molar-refractivity contribution >= 4 is 23.2 Å². The SMILES string of the molecule is Cn1cccc(C(=O)Nc2ccc(F)cc2Cl)c1=O. The maximum Gasteiger partial charge on any atom is 0.263 e. The van der Waals surface area contributed by atoms with Crippen molar-refractivity contribution in [3.63, 3.8) is 0 Å². The van der Waals surface area contributed by atoms with E-state index < -0.39 is 17.3 Å². The molecular formula is C13H10ClFN2O2. The molecule has 6 heteroatoms. The number of hydrogen-bond donors (Lipinski definition) is 1. The minimum atomic E-state index is -0.588. The van der Waals surface area contributed by atoms with Crippen LogP contribution in [0.15, 0.2) is 41.3 Å². The molecule has 2 aromatic rings. The van der Waals surface area contributed by atoms with E-state index in [2.05, 4.69) is 5.32 Å². The number of hydrogen-bond acceptors (Lipinski definition) is 2. The molecule has 98 valence electrons. The Kier molecular flexibility index (Phi) is 3.66. The first-order valence-corrected chi connectivity index (χ1v) is 5.79. The second kappa shape index (κ2) is 5.24. The normalized spacial score (nSPS) is 10.3. The molecule has 0 fully saturated rings. The number of nitrogens with zero attached hydrogens (tertiary/aromatic N) is 1. The van der Waals surface area contributed by atoms with Gasteiger partial charge in [-0.3, -0.25) is 9.59 Å². The Morgan fingerprint density at radius 3 is 2.79 bits per heavy atom. The number of aromatic nitrogens is 1. The van der Waals surface area contributed by atoms with E-state index in [-0.39, 0.29) is 16.3 Å². The molecule has 0 aliphatic rings. The Labute approximate surface area is 113 Å². The Morgan fingerprint density at radius 1 is 1.37 bits per heavy atom. The van der Waals surface area contributed by atoms with Gasteiger partial charge in [0, 0.05) is 13.2 Å². The molecule has 1 N–H and O–H groups in total. The van der Waals surface area contributed by atoms with Gasteiger partial charge in [0.15, 0.2) is 0 Å². The number of rotatable bonds is 2. The number of pyridine rings is 1. The minimum Gasteiger partial charge on any atom is -0.320 e. The van der Waals surface area contributed by atoms with Crippen molar-refractivity contribution in [2.75, 3.05) is 5.32 Å². The largest absolute Gasteiger partial charge is 0.320 e. The minimum absolute atomic E-state index is 0.00890. The second-order valence-corrected chi connectivity index (χ2v) is 4.32. The van der Waals surface area contributed by atoms with Gasteiger partial charge in [-0.05, 0) is 30.3 Å². The smallest absolute Gasteiger partial charge is 0.263 e. The van der Waals surface area contributed by atoms with Crippen molar-refractivity contribution in [1.82, 2.24) is 4.57 Å². The Morgan fingerprint density at radius 2 is 2.11 bits per heavy atom. The van der Waals surface area contributed by atoms with Gasteiger partial charge < -0.3 is 9.88 Å². The summed E-state index contributed by atoms with van der Waals surface area (Å²) < 4.78 is 14.2. The number of carbonyl (C=O) groups is 1. The fourth-order valence-electron chi connectivity index (χ4n) is 1.55.